The van der Waals surface area contributed by atoms with Crippen molar-refractivity contribution in [2.45, 2.75) is 64.0 Å². The lowest BCUT2D eigenvalue weighted by Gasteiger charge is -2.44. The van der Waals surface area contributed by atoms with Gasteiger partial charge in [-0.25, -0.2) is 5.01 Å². The Labute approximate surface area is 304 Å². The van der Waals surface area contributed by atoms with Crippen LogP contribution in [-0.4, -0.2) is 77.5 Å². The van der Waals surface area contributed by atoms with Crippen LogP contribution >= 0.6 is 11.6 Å². The van der Waals surface area contributed by atoms with Crippen LogP contribution in [0.5, 0.6) is 17.2 Å². The number of hydrogen-bond donors (Lipinski definition) is 1. The van der Waals surface area contributed by atoms with Crippen molar-refractivity contribution >= 4 is 45.8 Å². The van der Waals surface area contributed by atoms with Gasteiger partial charge in [0.05, 0.1) is 11.6 Å². The first-order valence-corrected chi connectivity index (χ1v) is 17.4. The minimum absolute atomic E-state index is 0.0284. The number of oxazole rings is 2. The van der Waals surface area contributed by atoms with Gasteiger partial charge in [-0.2, -0.15) is 9.97 Å². The molecule has 4 heterocycles. The standard InChI is InChI=1S/C35H35ClF6N6O5/c1-2-49-31-17-21(3-6-26(31)36)20-46-13-9-22(10-14-46)48(33-44-28-19-25(53-35(40,41)42)5-8-30(28)51-33)23-11-15-47(16-12-23)45-32-43-27-18-24(52-34(37,38)39)4-7-29(27)50-32/h3-8,17-19,22-23H,2,9-16,20H2,1H3,(H,43,45). The summed E-state index contributed by atoms with van der Waals surface area (Å²) in [5.74, 6) is -0.142. The van der Waals surface area contributed by atoms with Gasteiger partial charge in [0, 0.05) is 56.9 Å². The van der Waals surface area contributed by atoms with Crippen LogP contribution in [0, 0.1) is 0 Å². The Hall–Kier alpha value is -4.61. The van der Waals surface area contributed by atoms with Gasteiger partial charge in [0.15, 0.2) is 11.2 Å². The summed E-state index contributed by atoms with van der Waals surface area (Å²) in [5.41, 5.74) is 5.27. The second-order valence-corrected chi connectivity index (χ2v) is 13.2. The summed E-state index contributed by atoms with van der Waals surface area (Å²) in [5, 5.41) is 2.47. The highest BCUT2D eigenvalue weighted by atomic mass is 35.5. The summed E-state index contributed by atoms with van der Waals surface area (Å²) in [4.78, 5) is 13.4. The van der Waals surface area contributed by atoms with Gasteiger partial charge in [-0.1, -0.05) is 17.7 Å². The Balaban J connectivity index is 1.05. The average Bonchev–Trinajstić information content (AvgIpc) is 3.69. The molecule has 1 N–H and O–H groups in total. The summed E-state index contributed by atoms with van der Waals surface area (Å²) >= 11 is 6.29. The third-order valence-electron chi connectivity index (χ3n) is 9.16. The van der Waals surface area contributed by atoms with Crippen molar-refractivity contribution in [3.63, 3.8) is 0 Å². The molecule has 2 aliphatic rings. The maximum absolute atomic E-state index is 12.9. The number of nitrogens with zero attached hydrogens (tertiary/aromatic N) is 5. The molecule has 0 radical (unpaired) electrons. The van der Waals surface area contributed by atoms with Crippen molar-refractivity contribution in [2.75, 3.05) is 43.1 Å². The Morgan fingerprint density at radius 3 is 1.98 bits per heavy atom. The summed E-state index contributed by atoms with van der Waals surface area (Å²) < 4.78 is 103. The molecule has 284 valence electrons. The first-order valence-electron chi connectivity index (χ1n) is 17.0. The van der Waals surface area contributed by atoms with E-state index in [4.69, 9.17) is 25.2 Å². The number of halogens is 7. The summed E-state index contributed by atoms with van der Waals surface area (Å²) in [7, 11) is 0. The van der Waals surface area contributed by atoms with E-state index in [-0.39, 0.29) is 34.9 Å². The van der Waals surface area contributed by atoms with Crippen LogP contribution in [0.4, 0.5) is 38.4 Å². The molecule has 2 aromatic heterocycles. The molecule has 2 aliphatic heterocycles. The molecule has 0 bridgehead atoms. The van der Waals surface area contributed by atoms with Crippen molar-refractivity contribution < 1.29 is 49.4 Å². The van der Waals surface area contributed by atoms with E-state index in [2.05, 4.69) is 34.7 Å². The number of benzene rings is 3. The van der Waals surface area contributed by atoms with E-state index in [1.807, 2.05) is 30.1 Å². The van der Waals surface area contributed by atoms with Gasteiger partial charge < -0.3 is 27.9 Å². The van der Waals surface area contributed by atoms with E-state index in [1.165, 1.54) is 24.3 Å². The number of alkyl halides is 6. The number of nitrogens with one attached hydrogen (secondary N) is 1. The Morgan fingerprint density at radius 1 is 0.792 bits per heavy atom. The van der Waals surface area contributed by atoms with Crippen molar-refractivity contribution in [3.05, 3.63) is 65.2 Å². The average molecular weight is 769 g/mol. The fraction of sp³-hybridized carbons (Fsp3) is 0.429. The maximum atomic E-state index is 12.9. The normalized spacial score (nSPS) is 17.1. The van der Waals surface area contributed by atoms with E-state index in [0.29, 0.717) is 67.0 Å². The molecule has 0 unspecified atom stereocenters. The fourth-order valence-electron chi connectivity index (χ4n) is 6.88. The number of aromatic nitrogens is 2. The number of ether oxygens (including phenoxy) is 3. The van der Waals surface area contributed by atoms with Gasteiger partial charge in [-0.05, 0) is 74.6 Å². The van der Waals surface area contributed by atoms with Crippen molar-refractivity contribution in [2.24, 2.45) is 0 Å². The number of rotatable bonds is 11. The molecule has 3 aromatic carbocycles. The molecule has 7 rings (SSSR count). The van der Waals surface area contributed by atoms with Crippen LogP contribution in [-0.2, 0) is 6.54 Å². The minimum atomic E-state index is -4.85. The van der Waals surface area contributed by atoms with Gasteiger partial charge in [-0.3, -0.25) is 10.3 Å². The number of hydrazine groups is 1. The smallest absolute Gasteiger partial charge is 0.492 e. The third kappa shape index (κ3) is 9.13. The molecule has 0 aliphatic carbocycles. The van der Waals surface area contributed by atoms with Gasteiger partial charge in [0.25, 0.3) is 6.01 Å². The van der Waals surface area contributed by atoms with Crippen LogP contribution in [0.15, 0.2) is 63.4 Å². The molecule has 18 heteroatoms. The lowest BCUT2D eigenvalue weighted by atomic mass is 9.97. The lowest BCUT2D eigenvalue weighted by molar-refractivity contribution is -0.275. The second kappa shape index (κ2) is 15.0. The Bertz CT molecular complexity index is 2020. The Morgan fingerprint density at radius 2 is 1.38 bits per heavy atom. The molecule has 0 saturated carbocycles. The number of piperidine rings is 2. The van der Waals surface area contributed by atoms with Crippen LogP contribution in [0.1, 0.15) is 38.2 Å². The molecule has 5 aromatic rings. The molecular formula is C35H35ClF6N6O5. The molecule has 11 nitrogen and oxygen atoms in total. The molecule has 2 saturated heterocycles. The number of hydrogen-bond acceptors (Lipinski definition) is 11. The molecule has 0 spiro atoms. The van der Waals surface area contributed by atoms with E-state index in [9.17, 15) is 26.3 Å². The van der Waals surface area contributed by atoms with Crippen LogP contribution in [0.25, 0.3) is 22.2 Å². The zero-order chi connectivity index (χ0) is 37.3. The predicted octanol–water partition coefficient (Wildman–Crippen LogP) is 8.78. The van der Waals surface area contributed by atoms with Gasteiger partial charge in [0.2, 0.25) is 0 Å². The zero-order valence-electron chi connectivity index (χ0n) is 28.3. The zero-order valence-corrected chi connectivity index (χ0v) is 29.1. The molecule has 53 heavy (non-hydrogen) atoms. The highest BCUT2D eigenvalue weighted by Crippen LogP contribution is 2.35. The van der Waals surface area contributed by atoms with Crippen LogP contribution in [0.3, 0.4) is 0 Å². The molecule has 2 fully saturated rings. The Kier molecular flexibility index (Phi) is 10.4. The maximum Gasteiger partial charge on any atom is 0.573 e. The van der Waals surface area contributed by atoms with Crippen molar-refractivity contribution in [1.82, 2.24) is 19.9 Å². The van der Waals surface area contributed by atoms with Crippen LogP contribution < -0.4 is 24.5 Å². The summed E-state index contributed by atoms with van der Waals surface area (Å²) in [6.07, 6.45) is -6.79. The highest BCUT2D eigenvalue weighted by molar-refractivity contribution is 6.32. The van der Waals surface area contributed by atoms with Gasteiger partial charge in [0.1, 0.15) is 28.3 Å². The van der Waals surface area contributed by atoms with Crippen LogP contribution in [0.2, 0.25) is 5.02 Å². The third-order valence-corrected chi connectivity index (χ3v) is 9.47. The largest absolute Gasteiger partial charge is 0.573 e. The molecule has 0 atom stereocenters. The predicted molar refractivity (Wildman–Crippen MR) is 183 cm³/mol. The van der Waals surface area contributed by atoms with Crippen molar-refractivity contribution in [1.29, 1.82) is 0 Å². The van der Waals surface area contributed by atoms with E-state index in [1.54, 1.807) is 0 Å². The molecule has 0 amide bonds. The second-order valence-electron chi connectivity index (χ2n) is 12.8. The van der Waals surface area contributed by atoms with Crippen molar-refractivity contribution in [3.8, 4) is 17.2 Å². The summed E-state index contributed by atoms with van der Waals surface area (Å²) in [6, 6.07) is 13.7. The highest BCUT2D eigenvalue weighted by Gasteiger charge is 2.36. The first kappa shape index (κ1) is 36.7. The number of anilines is 2. The fourth-order valence-corrected chi connectivity index (χ4v) is 7.05. The van der Waals surface area contributed by atoms with E-state index >= 15 is 0 Å². The topological polar surface area (TPSA) is 102 Å². The molecular weight excluding hydrogens is 734 g/mol. The first-order chi connectivity index (χ1) is 25.3. The van der Waals surface area contributed by atoms with Gasteiger partial charge >= 0.3 is 18.7 Å². The van der Waals surface area contributed by atoms with E-state index < -0.39 is 18.5 Å². The SMILES string of the molecule is CCOc1cc(CN2CCC(N(c3nc4cc(OC(F)(F)F)ccc4o3)C3CCN(Nc4nc5cc(OC(F)(F)F)ccc5o4)CC3)CC2)ccc1Cl. The van der Waals surface area contributed by atoms with E-state index in [0.717, 1.165) is 43.6 Å². The summed E-state index contributed by atoms with van der Waals surface area (Å²) in [6.45, 7) is 5.78. The number of fused-ring (bicyclic) bond motifs is 2. The quantitative estimate of drug-likeness (QED) is 0.131. The minimum Gasteiger partial charge on any atom is -0.492 e. The monoisotopic (exact) mass is 768 g/mol. The number of likely N-dealkylation sites (tertiary alicyclic amines) is 1. The van der Waals surface area contributed by atoms with Gasteiger partial charge in [-0.15, -0.1) is 26.3 Å². The lowest BCUT2D eigenvalue weighted by Crippen LogP contribution is -2.53.